The fourth-order valence-electron chi connectivity index (χ4n) is 3.22. The predicted molar refractivity (Wildman–Crippen MR) is 91.2 cm³/mol. The van der Waals surface area contributed by atoms with Gasteiger partial charge in [-0.1, -0.05) is 0 Å². The van der Waals surface area contributed by atoms with Crippen LogP contribution in [0.5, 0.6) is 0 Å². The number of anilines is 1. The van der Waals surface area contributed by atoms with E-state index in [1.165, 1.54) is 6.92 Å². The molecule has 0 unspecified atom stereocenters. The molecule has 126 valence electrons. The van der Waals surface area contributed by atoms with E-state index in [-0.39, 0.29) is 11.5 Å². The molecule has 24 heavy (non-hydrogen) atoms. The van der Waals surface area contributed by atoms with Crippen molar-refractivity contribution in [3.63, 3.8) is 0 Å². The van der Waals surface area contributed by atoms with Crippen molar-refractivity contribution < 1.29 is 14.0 Å². The van der Waals surface area contributed by atoms with Crippen molar-refractivity contribution in [2.24, 2.45) is 0 Å². The zero-order valence-electron chi connectivity index (χ0n) is 13.8. The highest BCUT2D eigenvalue weighted by molar-refractivity contribution is 5.94. The number of nitrogens with one attached hydrogen (secondary N) is 1. The first-order valence-electron chi connectivity index (χ1n) is 8.02. The number of hydrogen-bond acceptors (Lipinski definition) is 5. The van der Waals surface area contributed by atoms with Crippen molar-refractivity contribution >= 4 is 28.8 Å². The highest BCUT2D eigenvalue weighted by Gasteiger charge is 2.23. The van der Waals surface area contributed by atoms with E-state index < -0.39 is 0 Å². The van der Waals surface area contributed by atoms with Crippen LogP contribution in [0, 0.1) is 6.92 Å². The topological polar surface area (TPSA) is 79.6 Å². The molecule has 0 fully saturated rings. The smallest absolute Gasteiger partial charge is 0.341 e. The minimum atomic E-state index is -0.319. The lowest BCUT2D eigenvalue weighted by Crippen LogP contribution is -2.34. The van der Waals surface area contributed by atoms with E-state index >= 15 is 0 Å². The molecule has 1 amide bonds. The van der Waals surface area contributed by atoms with Crippen LogP contribution in [0.3, 0.4) is 0 Å². The molecule has 2 heterocycles. The van der Waals surface area contributed by atoms with Gasteiger partial charge < -0.3 is 14.5 Å². The molecule has 0 radical (unpaired) electrons. The highest BCUT2D eigenvalue weighted by Crippen LogP contribution is 2.29. The summed E-state index contributed by atoms with van der Waals surface area (Å²) in [6.07, 6.45) is 2.07. The van der Waals surface area contributed by atoms with Gasteiger partial charge in [0.05, 0.1) is 5.56 Å². The Morgan fingerprint density at radius 2 is 2.17 bits per heavy atom. The van der Waals surface area contributed by atoms with Crippen molar-refractivity contribution in [3.8, 4) is 0 Å². The van der Waals surface area contributed by atoms with Crippen LogP contribution in [0.25, 0.3) is 11.0 Å². The Morgan fingerprint density at radius 3 is 2.88 bits per heavy atom. The summed E-state index contributed by atoms with van der Waals surface area (Å²) in [5.74, 6) is -0.135. The average molecular weight is 328 g/mol. The number of carbonyl (C=O) groups excluding carboxylic acids is 2. The maximum Gasteiger partial charge on any atom is 0.341 e. The van der Waals surface area contributed by atoms with Gasteiger partial charge in [-0.3, -0.25) is 9.69 Å². The number of carbonyl (C=O) groups is 2. The maximum atomic E-state index is 12.3. The summed E-state index contributed by atoms with van der Waals surface area (Å²) < 4.78 is 5.49. The lowest BCUT2D eigenvalue weighted by Gasteiger charge is -2.28. The maximum absolute atomic E-state index is 12.3. The molecule has 6 nitrogen and oxygen atoms in total. The molecule has 1 aliphatic heterocycles. The molecule has 6 heteroatoms. The van der Waals surface area contributed by atoms with Gasteiger partial charge in [-0.05, 0) is 36.6 Å². The number of aldehydes is 1. The van der Waals surface area contributed by atoms with E-state index in [4.69, 9.17) is 4.42 Å². The molecular formula is C18H20N2O4. The second-order valence-corrected chi connectivity index (χ2v) is 6.17. The van der Waals surface area contributed by atoms with Crippen LogP contribution in [0.1, 0.15) is 30.0 Å². The summed E-state index contributed by atoms with van der Waals surface area (Å²) in [5, 5.41) is 3.68. The zero-order valence-corrected chi connectivity index (χ0v) is 13.8. The molecule has 0 saturated carbocycles. The Labute approximate surface area is 139 Å². The third-order valence-corrected chi connectivity index (χ3v) is 4.40. The van der Waals surface area contributed by atoms with Gasteiger partial charge in [-0.2, -0.15) is 0 Å². The Hall–Kier alpha value is -2.47. The molecule has 0 bridgehead atoms. The van der Waals surface area contributed by atoms with Gasteiger partial charge in [-0.15, -0.1) is 0 Å². The largest absolute Gasteiger partial charge is 0.422 e. The Bertz CT molecular complexity index is 869. The molecule has 1 aromatic heterocycles. The summed E-state index contributed by atoms with van der Waals surface area (Å²) >= 11 is 0. The van der Waals surface area contributed by atoms with Crippen LogP contribution < -0.4 is 10.9 Å². The van der Waals surface area contributed by atoms with Gasteiger partial charge in [0.15, 0.2) is 0 Å². The van der Waals surface area contributed by atoms with Crippen LogP contribution in [0.4, 0.5) is 5.69 Å². The Kier molecular flexibility index (Phi) is 4.49. The van der Waals surface area contributed by atoms with Gasteiger partial charge >= 0.3 is 5.63 Å². The molecule has 0 saturated heterocycles. The standard InChI is InChI=1S/C18H20N2O4/c1-11-8-17-14(9-16(11)19-12(2)22)13-4-6-20(5-3-7-21)10-15(13)18(23)24-17/h7-9H,3-6,10H2,1-2H3,(H,19,22). The molecule has 2 aromatic rings. The number of hydrogen-bond donors (Lipinski definition) is 1. The molecule has 1 aliphatic rings. The second kappa shape index (κ2) is 6.57. The number of amides is 1. The molecule has 0 aliphatic carbocycles. The van der Waals surface area contributed by atoms with E-state index in [0.717, 1.165) is 41.5 Å². The van der Waals surface area contributed by atoms with Crippen LogP contribution in [0.15, 0.2) is 21.3 Å². The van der Waals surface area contributed by atoms with Crippen LogP contribution in [-0.4, -0.2) is 30.2 Å². The summed E-state index contributed by atoms with van der Waals surface area (Å²) in [4.78, 5) is 36.3. The summed E-state index contributed by atoms with van der Waals surface area (Å²) in [7, 11) is 0. The van der Waals surface area contributed by atoms with E-state index in [2.05, 4.69) is 10.2 Å². The van der Waals surface area contributed by atoms with Crippen molar-refractivity contribution in [3.05, 3.63) is 39.2 Å². The van der Waals surface area contributed by atoms with E-state index in [0.29, 0.717) is 30.7 Å². The predicted octanol–water partition coefficient (Wildman–Crippen LogP) is 2.01. The molecule has 3 rings (SSSR count). The SMILES string of the molecule is CC(=O)Nc1cc2c3c(c(=O)oc2cc1C)CN(CCC=O)CC3. The van der Waals surface area contributed by atoms with E-state index in [1.807, 2.05) is 13.0 Å². The number of fused-ring (bicyclic) bond motifs is 3. The average Bonchev–Trinajstić information content (AvgIpc) is 2.54. The number of aryl methyl sites for hydroxylation is 1. The number of nitrogens with zero attached hydrogens (tertiary/aromatic N) is 1. The van der Waals surface area contributed by atoms with Gasteiger partial charge in [-0.25, -0.2) is 4.79 Å². The molecular weight excluding hydrogens is 308 g/mol. The highest BCUT2D eigenvalue weighted by atomic mass is 16.4. The minimum Gasteiger partial charge on any atom is -0.422 e. The summed E-state index contributed by atoms with van der Waals surface area (Å²) in [6, 6.07) is 3.68. The monoisotopic (exact) mass is 328 g/mol. The summed E-state index contributed by atoms with van der Waals surface area (Å²) in [5.41, 5.74) is 3.44. The van der Waals surface area contributed by atoms with E-state index in [9.17, 15) is 14.4 Å². The number of rotatable bonds is 4. The van der Waals surface area contributed by atoms with Crippen molar-refractivity contribution in [1.29, 1.82) is 0 Å². The quantitative estimate of drug-likeness (QED) is 0.686. The van der Waals surface area contributed by atoms with Crippen molar-refractivity contribution in [2.75, 3.05) is 18.4 Å². The first-order chi connectivity index (χ1) is 11.5. The lowest BCUT2D eigenvalue weighted by atomic mass is 9.96. The fraction of sp³-hybridized carbons (Fsp3) is 0.389. The normalized spacial score (nSPS) is 14.4. The van der Waals surface area contributed by atoms with Crippen molar-refractivity contribution in [2.45, 2.75) is 33.2 Å². The van der Waals surface area contributed by atoms with Crippen LogP contribution in [-0.2, 0) is 22.6 Å². The first kappa shape index (κ1) is 16.4. The number of benzene rings is 1. The van der Waals surface area contributed by atoms with Gasteiger partial charge in [0.1, 0.15) is 11.9 Å². The van der Waals surface area contributed by atoms with Gasteiger partial charge in [0, 0.05) is 44.1 Å². The lowest BCUT2D eigenvalue weighted by molar-refractivity contribution is -0.114. The molecule has 0 spiro atoms. The van der Waals surface area contributed by atoms with Crippen molar-refractivity contribution in [1.82, 2.24) is 4.90 Å². The molecule has 1 aromatic carbocycles. The molecule has 0 atom stereocenters. The molecule has 1 N–H and O–H groups in total. The third-order valence-electron chi connectivity index (χ3n) is 4.40. The van der Waals surface area contributed by atoms with Crippen LogP contribution >= 0.6 is 0 Å². The van der Waals surface area contributed by atoms with Gasteiger partial charge in [0.25, 0.3) is 0 Å². The summed E-state index contributed by atoms with van der Waals surface area (Å²) in [6.45, 7) is 5.26. The van der Waals surface area contributed by atoms with Gasteiger partial charge in [0.2, 0.25) is 5.91 Å². The third kappa shape index (κ3) is 3.10. The van der Waals surface area contributed by atoms with E-state index in [1.54, 1.807) is 6.07 Å². The Morgan fingerprint density at radius 1 is 1.38 bits per heavy atom. The first-order valence-corrected chi connectivity index (χ1v) is 8.02. The van der Waals surface area contributed by atoms with Crippen LogP contribution in [0.2, 0.25) is 0 Å². The second-order valence-electron chi connectivity index (χ2n) is 6.17. The fourth-order valence-corrected chi connectivity index (χ4v) is 3.22. The minimum absolute atomic E-state index is 0.135. The Balaban J connectivity index is 2.07. The zero-order chi connectivity index (χ0) is 17.3.